The summed E-state index contributed by atoms with van der Waals surface area (Å²) in [5.74, 6) is 0.888. The molecule has 1 aliphatic rings. The van der Waals surface area contributed by atoms with Crippen molar-refractivity contribution in [3.05, 3.63) is 59.8 Å². The molecule has 1 aromatic heterocycles. The Kier molecular flexibility index (Phi) is 7.62. The molecule has 1 aliphatic heterocycles. The van der Waals surface area contributed by atoms with Gasteiger partial charge in [-0.05, 0) is 17.2 Å². The smallest absolute Gasteiger partial charge is 0.317 e. The third-order valence-corrected chi connectivity index (χ3v) is 5.07. The van der Waals surface area contributed by atoms with Gasteiger partial charge in [-0.1, -0.05) is 36.4 Å². The number of hydrogen-bond acceptors (Lipinski definition) is 5. The number of carbonyl (C=O) groups excluding carboxylic acids is 2. The summed E-state index contributed by atoms with van der Waals surface area (Å²) in [4.78, 5) is 34.8. The van der Waals surface area contributed by atoms with Gasteiger partial charge in [0.25, 0.3) is 0 Å². The van der Waals surface area contributed by atoms with Crippen molar-refractivity contribution in [2.45, 2.75) is 13.1 Å². The quantitative estimate of drug-likeness (QED) is 0.719. The monoisotopic (exact) mass is 410 g/mol. The van der Waals surface area contributed by atoms with E-state index in [1.165, 1.54) is 0 Å². The Balaban J connectivity index is 1.35. The molecule has 1 aromatic carbocycles. The maximum atomic E-state index is 12.4. The van der Waals surface area contributed by atoms with Crippen LogP contribution in [0.1, 0.15) is 11.1 Å². The maximum Gasteiger partial charge on any atom is 0.317 e. The van der Waals surface area contributed by atoms with Crippen molar-refractivity contribution in [3.63, 3.8) is 0 Å². The minimum absolute atomic E-state index is 0.00502. The summed E-state index contributed by atoms with van der Waals surface area (Å²) < 4.78 is 0. The normalized spacial score (nSPS) is 14.3. The van der Waals surface area contributed by atoms with Crippen LogP contribution in [0.2, 0.25) is 0 Å². The first-order valence-corrected chi connectivity index (χ1v) is 10.2. The maximum absolute atomic E-state index is 12.4. The number of nitrogens with zero attached hydrogens (tertiary/aromatic N) is 4. The minimum Gasteiger partial charge on any atom is -0.363 e. The molecule has 0 saturated carbocycles. The molecular weight excluding hydrogens is 380 g/mol. The van der Waals surface area contributed by atoms with Crippen molar-refractivity contribution in [2.75, 3.05) is 51.7 Å². The van der Waals surface area contributed by atoms with Crippen LogP contribution in [0.15, 0.2) is 48.7 Å². The largest absolute Gasteiger partial charge is 0.363 e. The minimum atomic E-state index is -0.0835. The predicted molar refractivity (Wildman–Crippen MR) is 117 cm³/mol. The number of rotatable bonds is 7. The van der Waals surface area contributed by atoms with Crippen LogP contribution < -0.4 is 15.5 Å². The zero-order valence-electron chi connectivity index (χ0n) is 17.7. The second kappa shape index (κ2) is 10.6. The van der Waals surface area contributed by atoms with E-state index in [9.17, 15) is 9.59 Å². The Morgan fingerprint density at radius 2 is 1.63 bits per heavy atom. The molecule has 8 heteroatoms. The van der Waals surface area contributed by atoms with Crippen LogP contribution in [-0.2, 0) is 17.9 Å². The van der Waals surface area contributed by atoms with Gasteiger partial charge in [-0.2, -0.15) is 0 Å². The van der Waals surface area contributed by atoms with Gasteiger partial charge >= 0.3 is 6.03 Å². The van der Waals surface area contributed by atoms with E-state index in [0.29, 0.717) is 45.8 Å². The van der Waals surface area contributed by atoms with Gasteiger partial charge in [-0.25, -0.2) is 9.78 Å². The predicted octanol–water partition coefficient (Wildman–Crippen LogP) is 1.29. The average molecular weight is 411 g/mol. The van der Waals surface area contributed by atoms with Crippen molar-refractivity contribution in [3.8, 4) is 0 Å². The van der Waals surface area contributed by atoms with Gasteiger partial charge in [0.2, 0.25) is 5.91 Å². The summed E-state index contributed by atoms with van der Waals surface area (Å²) in [5.41, 5.74) is 2.04. The standard InChI is InChI=1S/C22H30N6O2/c1-26(2)20-9-8-19(15-23-20)16-25-22(30)28-12-10-27(11-13-28)17-21(29)24-14-18-6-4-3-5-7-18/h3-9,15H,10-14,16-17H2,1-2H3,(H,24,29)(H,25,30). The number of hydrogen-bond donors (Lipinski definition) is 2. The molecule has 30 heavy (non-hydrogen) atoms. The molecule has 0 atom stereocenters. The number of urea groups is 1. The van der Waals surface area contributed by atoms with Crippen LogP contribution in [0.5, 0.6) is 0 Å². The van der Waals surface area contributed by atoms with E-state index in [1.807, 2.05) is 61.5 Å². The van der Waals surface area contributed by atoms with E-state index in [4.69, 9.17) is 0 Å². The van der Waals surface area contributed by atoms with Crippen molar-refractivity contribution < 1.29 is 9.59 Å². The molecule has 2 N–H and O–H groups in total. The average Bonchev–Trinajstić information content (AvgIpc) is 2.77. The van der Waals surface area contributed by atoms with Crippen molar-refractivity contribution in [1.29, 1.82) is 0 Å². The van der Waals surface area contributed by atoms with Gasteiger partial charge in [-0.15, -0.1) is 0 Å². The molecule has 8 nitrogen and oxygen atoms in total. The Labute approximate surface area is 177 Å². The van der Waals surface area contributed by atoms with Gasteiger partial charge in [0.05, 0.1) is 6.54 Å². The molecule has 3 rings (SSSR count). The summed E-state index contributed by atoms with van der Waals surface area (Å²) in [6, 6.07) is 13.7. The first-order chi connectivity index (χ1) is 14.5. The third kappa shape index (κ3) is 6.45. The van der Waals surface area contributed by atoms with Crippen LogP contribution >= 0.6 is 0 Å². The lowest BCUT2D eigenvalue weighted by Crippen LogP contribution is -2.53. The number of piperazine rings is 1. The van der Waals surface area contributed by atoms with Gasteiger partial charge in [0.15, 0.2) is 0 Å². The van der Waals surface area contributed by atoms with Gasteiger partial charge in [-0.3, -0.25) is 9.69 Å². The first kappa shape index (κ1) is 21.6. The number of amides is 3. The highest BCUT2D eigenvalue weighted by Crippen LogP contribution is 2.08. The van der Waals surface area contributed by atoms with Crippen LogP contribution in [0.3, 0.4) is 0 Å². The Bertz CT molecular complexity index is 817. The van der Waals surface area contributed by atoms with E-state index in [1.54, 1.807) is 11.1 Å². The van der Waals surface area contributed by atoms with E-state index < -0.39 is 0 Å². The second-order valence-corrected chi connectivity index (χ2v) is 7.60. The number of anilines is 1. The molecule has 0 bridgehead atoms. The third-order valence-electron chi connectivity index (χ3n) is 5.07. The van der Waals surface area contributed by atoms with E-state index in [0.717, 1.165) is 16.9 Å². The molecule has 1 saturated heterocycles. The molecule has 1 fully saturated rings. The Morgan fingerprint density at radius 1 is 0.933 bits per heavy atom. The summed E-state index contributed by atoms with van der Waals surface area (Å²) >= 11 is 0. The first-order valence-electron chi connectivity index (χ1n) is 10.2. The second-order valence-electron chi connectivity index (χ2n) is 7.60. The highest BCUT2D eigenvalue weighted by molar-refractivity contribution is 5.78. The van der Waals surface area contributed by atoms with Gasteiger partial charge < -0.3 is 20.4 Å². The van der Waals surface area contributed by atoms with E-state index in [2.05, 4.69) is 20.5 Å². The molecule has 2 aromatic rings. The van der Waals surface area contributed by atoms with Gasteiger partial charge in [0.1, 0.15) is 5.82 Å². The summed E-state index contributed by atoms with van der Waals surface area (Å²) in [6.07, 6.45) is 1.78. The molecule has 2 heterocycles. The fourth-order valence-corrected chi connectivity index (χ4v) is 3.24. The van der Waals surface area contributed by atoms with Crippen LogP contribution in [0.25, 0.3) is 0 Å². The fraction of sp³-hybridized carbons (Fsp3) is 0.409. The molecule has 0 unspecified atom stereocenters. The van der Waals surface area contributed by atoms with Crippen LogP contribution in [-0.4, -0.2) is 73.5 Å². The zero-order valence-corrected chi connectivity index (χ0v) is 17.7. The zero-order chi connectivity index (χ0) is 21.3. The number of carbonyl (C=O) groups is 2. The fourth-order valence-electron chi connectivity index (χ4n) is 3.24. The highest BCUT2D eigenvalue weighted by atomic mass is 16.2. The summed E-state index contributed by atoms with van der Waals surface area (Å²) in [5, 5.41) is 5.89. The summed E-state index contributed by atoms with van der Waals surface area (Å²) in [6.45, 7) is 3.92. The van der Waals surface area contributed by atoms with Crippen molar-refractivity contribution in [2.24, 2.45) is 0 Å². The highest BCUT2D eigenvalue weighted by Gasteiger charge is 2.22. The van der Waals surface area contributed by atoms with E-state index in [-0.39, 0.29) is 11.9 Å². The van der Waals surface area contributed by atoms with Crippen molar-refractivity contribution >= 4 is 17.8 Å². The number of nitrogens with one attached hydrogen (secondary N) is 2. The lowest BCUT2D eigenvalue weighted by atomic mass is 10.2. The lowest BCUT2D eigenvalue weighted by Gasteiger charge is -2.34. The van der Waals surface area contributed by atoms with Crippen LogP contribution in [0.4, 0.5) is 10.6 Å². The number of aromatic nitrogens is 1. The molecular formula is C22H30N6O2. The van der Waals surface area contributed by atoms with Crippen LogP contribution in [0, 0.1) is 0 Å². The van der Waals surface area contributed by atoms with Crippen molar-refractivity contribution in [1.82, 2.24) is 25.4 Å². The SMILES string of the molecule is CN(C)c1ccc(CNC(=O)N2CCN(CC(=O)NCc3ccccc3)CC2)cn1. The summed E-state index contributed by atoms with van der Waals surface area (Å²) in [7, 11) is 3.88. The topological polar surface area (TPSA) is 80.8 Å². The molecule has 0 spiro atoms. The Morgan fingerprint density at radius 3 is 2.27 bits per heavy atom. The molecule has 0 aliphatic carbocycles. The number of pyridine rings is 1. The molecule has 3 amide bonds. The lowest BCUT2D eigenvalue weighted by molar-refractivity contribution is -0.122. The van der Waals surface area contributed by atoms with Gasteiger partial charge in [0, 0.05) is 59.6 Å². The number of benzene rings is 1. The molecule has 160 valence electrons. The van der Waals surface area contributed by atoms with E-state index >= 15 is 0 Å². The molecule has 0 radical (unpaired) electrons. The Hall–Kier alpha value is -3.13.